The first-order valence-corrected chi connectivity index (χ1v) is 3.60. The summed E-state index contributed by atoms with van der Waals surface area (Å²) in [6, 6.07) is -0.821. The van der Waals surface area contributed by atoms with Crippen molar-refractivity contribution in [1.82, 2.24) is 5.32 Å². The van der Waals surface area contributed by atoms with Crippen LogP contribution in [0.3, 0.4) is 0 Å². The number of carboxylic acids is 1. The van der Waals surface area contributed by atoms with Crippen molar-refractivity contribution in [3.05, 3.63) is 0 Å². The quantitative estimate of drug-likeness (QED) is 0.157. The van der Waals surface area contributed by atoms with Gasteiger partial charge >= 0.3 is 57.4 Å². The number of carboxylic acid groups (broad SMARTS) is 1. The van der Waals surface area contributed by atoms with Crippen LogP contribution < -0.4 is 16.8 Å². The zero-order valence-electron chi connectivity index (χ0n) is 6.71. The molecule has 0 aromatic carbocycles. The summed E-state index contributed by atoms with van der Waals surface area (Å²) in [6.45, 7) is 0.482. The summed E-state index contributed by atoms with van der Waals surface area (Å²) in [4.78, 5) is 10.2. The Kier molecular flexibility index (Phi) is 10.8. The number of aliphatic carboxylic acids is 1. The summed E-state index contributed by atoms with van der Waals surface area (Å²) in [5.41, 5.74) is 10.2. The van der Waals surface area contributed by atoms with Gasteiger partial charge in [-0.2, -0.15) is 0 Å². The number of nitrogens with two attached hydrogens (primary N) is 2. The van der Waals surface area contributed by atoms with Gasteiger partial charge in [0.25, 0.3) is 0 Å². The summed E-state index contributed by atoms with van der Waals surface area (Å²) < 4.78 is 0. The predicted molar refractivity (Wildman–Crippen MR) is 51.9 cm³/mol. The first kappa shape index (κ1) is 15.8. The Morgan fingerprint density at radius 1 is 1.62 bits per heavy atom. The fourth-order valence-corrected chi connectivity index (χ4v) is 0.669. The Bertz CT molecular complexity index is 176. The van der Waals surface area contributed by atoms with Crippen LogP contribution in [0.25, 0.3) is 0 Å². The van der Waals surface area contributed by atoms with Crippen LogP contribution in [0.15, 0.2) is 0 Å². The zero-order chi connectivity index (χ0) is 9.56. The Labute approximate surface area is 119 Å². The predicted octanol–water partition coefficient (Wildman–Crippen LogP) is -1.99. The Balaban J connectivity index is 0. The van der Waals surface area contributed by atoms with Gasteiger partial charge in [0, 0.05) is 6.54 Å². The number of rotatable bonds is 5. The van der Waals surface area contributed by atoms with Crippen molar-refractivity contribution < 1.29 is 9.90 Å². The monoisotopic (exact) mass is 214 g/mol. The molecule has 0 aliphatic carbocycles. The second kappa shape index (κ2) is 8.91. The van der Waals surface area contributed by atoms with Crippen LogP contribution in [0.2, 0.25) is 0 Å². The van der Waals surface area contributed by atoms with Gasteiger partial charge in [-0.05, 0) is 12.8 Å². The number of nitrogens with one attached hydrogen (secondary N) is 2. The van der Waals surface area contributed by atoms with Crippen molar-refractivity contribution in [3.63, 3.8) is 0 Å². The summed E-state index contributed by atoms with van der Waals surface area (Å²) >= 11 is 0. The van der Waals surface area contributed by atoms with E-state index in [0.717, 1.165) is 0 Å². The van der Waals surface area contributed by atoms with Gasteiger partial charge in [-0.1, -0.05) is 0 Å². The standard InChI is InChI=1S/C6H14N4O2.K.H/c7-4(5(11)12)2-1-3-10-6(8)9;;/h4H,1-3,7H2,(H,11,12)(H4,8,9,10);;/t4-;;/m0../s1. The van der Waals surface area contributed by atoms with E-state index in [-0.39, 0.29) is 57.3 Å². The van der Waals surface area contributed by atoms with Crippen molar-refractivity contribution in [2.75, 3.05) is 6.54 Å². The molecular formula is C6H15KN4O2. The van der Waals surface area contributed by atoms with Gasteiger partial charge in [-0.3, -0.25) is 10.2 Å². The molecule has 0 saturated heterocycles. The third-order valence-corrected chi connectivity index (χ3v) is 1.32. The van der Waals surface area contributed by atoms with E-state index >= 15 is 0 Å². The van der Waals surface area contributed by atoms with Crippen LogP contribution in [-0.2, 0) is 4.79 Å². The van der Waals surface area contributed by atoms with E-state index in [1.54, 1.807) is 0 Å². The zero-order valence-corrected chi connectivity index (χ0v) is 6.71. The molecule has 0 aliphatic heterocycles. The molecule has 13 heavy (non-hydrogen) atoms. The molecule has 0 saturated carbocycles. The van der Waals surface area contributed by atoms with Crippen molar-refractivity contribution >= 4 is 63.3 Å². The molecule has 0 unspecified atom stereocenters. The molecule has 0 bridgehead atoms. The molecule has 72 valence electrons. The van der Waals surface area contributed by atoms with Crippen molar-refractivity contribution in [1.29, 1.82) is 5.41 Å². The van der Waals surface area contributed by atoms with E-state index in [1.807, 2.05) is 0 Å². The van der Waals surface area contributed by atoms with Crippen LogP contribution in [0, 0.1) is 5.41 Å². The minimum absolute atomic E-state index is 0. The second-order valence-electron chi connectivity index (χ2n) is 2.43. The molecule has 0 aromatic heterocycles. The molecule has 0 radical (unpaired) electrons. The molecule has 0 rings (SSSR count). The van der Waals surface area contributed by atoms with Gasteiger partial charge in [0.2, 0.25) is 0 Å². The number of guanidine groups is 1. The molecule has 0 heterocycles. The van der Waals surface area contributed by atoms with Crippen LogP contribution in [-0.4, -0.2) is 81.0 Å². The fourth-order valence-electron chi connectivity index (χ4n) is 0.669. The molecule has 1 atom stereocenters. The maximum atomic E-state index is 10.2. The van der Waals surface area contributed by atoms with Crippen LogP contribution in [0.1, 0.15) is 12.8 Å². The SMILES string of the molecule is N=C(N)NCCC[C@H](N)C(=O)O.[KH]. The molecular weight excluding hydrogens is 199 g/mol. The van der Waals surface area contributed by atoms with E-state index in [4.69, 9.17) is 22.0 Å². The Hall–Kier alpha value is 0.336. The first-order chi connectivity index (χ1) is 5.54. The molecule has 7 N–H and O–H groups in total. The molecule has 0 spiro atoms. The summed E-state index contributed by atoms with van der Waals surface area (Å²) in [5.74, 6) is -1.11. The number of hydrogen-bond donors (Lipinski definition) is 5. The van der Waals surface area contributed by atoms with Gasteiger partial charge in [0.15, 0.2) is 5.96 Å². The third kappa shape index (κ3) is 10.3. The summed E-state index contributed by atoms with van der Waals surface area (Å²) in [7, 11) is 0. The van der Waals surface area contributed by atoms with E-state index in [2.05, 4.69) is 5.32 Å². The van der Waals surface area contributed by atoms with E-state index in [9.17, 15) is 4.79 Å². The fraction of sp³-hybridized carbons (Fsp3) is 0.667. The van der Waals surface area contributed by atoms with Gasteiger partial charge < -0.3 is 21.9 Å². The van der Waals surface area contributed by atoms with Crippen molar-refractivity contribution in [2.45, 2.75) is 18.9 Å². The molecule has 6 nitrogen and oxygen atoms in total. The van der Waals surface area contributed by atoms with Gasteiger partial charge in [-0.25, -0.2) is 0 Å². The first-order valence-electron chi connectivity index (χ1n) is 3.60. The van der Waals surface area contributed by atoms with Crippen molar-refractivity contribution in [2.24, 2.45) is 11.5 Å². The van der Waals surface area contributed by atoms with Crippen LogP contribution >= 0.6 is 0 Å². The van der Waals surface area contributed by atoms with Crippen LogP contribution in [0.4, 0.5) is 0 Å². The summed E-state index contributed by atoms with van der Waals surface area (Å²) in [5, 5.41) is 17.7. The Morgan fingerprint density at radius 2 is 2.15 bits per heavy atom. The average molecular weight is 214 g/mol. The molecule has 0 aromatic rings. The number of carbonyl (C=O) groups is 1. The topological polar surface area (TPSA) is 125 Å². The van der Waals surface area contributed by atoms with Gasteiger partial charge in [-0.15, -0.1) is 0 Å². The third-order valence-electron chi connectivity index (χ3n) is 1.32. The second-order valence-corrected chi connectivity index (χ2v) is 2.43. The van der Waals surface area contributed by atoms with E-state index in [0.29, 0.717) is 19.4 Å². The normalized spacial score (nSPS) is 11.2. The minimum atomic E-state index is -1.00. The Morgan fingerprint density at radius 3 is 2.54 bits per heavy atom. The van der Waals surface area contributed by atoms with E-state index in [1.165, 1.54) is 0 Å². The molecule has 7 heteroatoms. The molecule has 0 fully saturated rings. The van der Waals surface area contributed by atoms with Crippen molar-refractivity contribution in [3.8, 4) is 0 Å². The molecule has 0 aliphatic rings. The van der Waals surface area contributed by atoms with Crippen LogP contribution in [0.5, 0.6) is 0 Å². The average Bonchev–Trinajstić information content (AvgIpc) is 1.97. The summed E-state index contributed by atoms with van der Waals surface area (Å²) in [6.07, 6.45) is 0.975. The van der Waals surface area contributed by atoms with Gasteiger partial charge in [0.1, 0.15) is 6.04 Å². The molecule has 0 amide bonds. The van der Waals surface area contributed by atoms with Gasteiger partial charge in [0.05, 0.1) is 0 Å². The van der Waals surface area contributed by atoms with E-state index < -0.39 is 12.0 Å². The number of hydrogen-bond acceptors (Lipinski definition) is 3. The maximum absolute atomic E-state index is 10.2.